The molecule has 0 bridgehead atoms. The van der Waals surface area contributed by atoms with E-state index in [0.29, 0.717) is 16.7 Å². The molecule has 1 aliphatic rings. The second kappa shape index (κ2) is 16.1. The lowest BCUT2D eigenvalue weighted by Crippen LogP contribution is -2.49. The maximum absolute atomic E-state index is 12.2. The largest absolute Gasteiger partial charge is 0.508 e. The number of phenols is 6. The minimum absolute atomic E-state index is 0.0278. The van der Waals surface area contributed by atoms with E-state index in [-0.39, 0.29) is 73.5 Å². The number of aromatic hydroxyl groups is 8. The number of phenolic OH excluding ortho intramolecular Hbond substituents is 6. The summed E-state index contributed by atoms with van der Waals surface area (Å²) in [6, 6.07) is 30.4. The Labute approximate surface area is 341 Å². The second-order valence-electron chi connectivity index (χ2n) is 13.4. The lowest BCUT2D eigenvalue weighted by atomic mass is 9.90. The molecule has 9 rings (SSSR count). The molecule has 1 aliphatic heterocycles. The summed E-state index contributed by atoms with van der Waals surface area (Å²) in [4.78, 5) is 36.3. The van der Waals surface area contributed by atoms with Crippen LogP contribution >= 0.6 is 0 Å². The number of carbonyl (C=O) groups excluding carboxylic acids is 1. The Morgan fingerprint density at radius 3 is 1.57 bits per heavy atom. The fraction of sp³-hybridized carbons (Fsp3) is 0.0444. The molecule has 0 aliphatic carbocycles. The van der Waals surface area contributed by atoms with Crippen LogP contribution in [-0.4, -0.2) is 62.6 Å². The van der Waals surface area contributed by atoms with Gasteiger partial charge in [-0.1, -0.05) is 42.5 Å². The number of ketones is 1. The summed E-state index contributed by atoms with van der Waals surface area (Å²) in [6.07, 6.45) is -1.24. The van der Waals surface area contributed by atoms with Gasteiger partial charge in [0.15, 0.2) is 40.6 Å². The molecule has 1 atom stereocenters. The molecule has 0 saturated carbocycles. The van der Waals surface area contributed by atoms with Crippen LogP contribution in [-0.2, 0) is 0 Å². The van der Waals surface area contributed by atoms with Crippen LogP contribution in [0, 0.1) is 0 Å². The van der Waals surface area contributed by atoms with Crippen LogP contribution in [0.4, 0.5) is 0 Å². The van der Waals surface area contributed by atoms with E-state index in [9.17, 15) is 65.4 Å². The molecule has 16 heteroatoms. The molecule has 0 spiro atoms. The highest BCUT2D eigenvalue weighted by Crippen LogP contribution is 2.41. The summed E-state index contributed by atoms with van der Waals surface area (Å²) >= 11 is 0. The molecule has 2 aromatic heterocycles. The smallest absolute Gasteiger partial charge is 0.271 e. The number of para-hydroxylation sites is 1. The Morgan fingerprint density at radius 1 is 0.475 bits per heavy atom. The number of aliphatic hydroxyl groups is 2. The van der Waals surface area contributed by atoms with E-state index in [1.54, 1.807) is 54.6 Å². The minimum Gasteiger partial charge on any atom is -0.508 e. The van der Waals surface area contributed by atoms with Crippen molar-refractivity contribution in [1.29, 1.82) is 0 Å². The Kier molecular flexibility index (Phi) is 10.7. The normalized spacial score (nSPS) is 13.9. The number of Topliss-reactive ketones (excluding diaryl/α,β-unsaturated/α-hetero) is 1. The van der Waals surface area contributed by atoms with E-state index < -0.39 is 45.8 Å². The summed E-state index contributed by atoms with van der Waals surface area (Å²) in [5.74, 6) is -6.29. The lowest BCUT2D eigenvalue weighted by molar-refractivity contribution is -0.186. The first kappa shape index (κ1) is 40.7. The van der Waals surface area contributed by atoms with Gasteiger partial charge in [-0.05, 0) is 78.4 Å². The number of benzene rings is 6. The highest BCUT2D eigenvalue weighted by atomic mass is 16.6. The van der Waals surface area contributed by atoms with Gasteiger partial charge in [0.05, 0.1) is 16.3 Å². The number of hydrogen-bond donors (Lipinski definition) is 10. The van der Waals surface area contributed by atoms with Gasteiger partial charge >= 0.3 is 0 Å². The van der Waals surface area contributed by atoms with Gasteiger partial charge in [-0.3, -0.25) is 14.4 Å². The summed E-state index contributed by atoms with van der Waals surface area (Å²) in [5.41, 5.74) is 0.220. The molecule has 0 amide bonds. The predicted molar refractivity (Wildman–Crippen MR) is 217 cm³/mol. The molecule has 10 N–H and O–H groups in total. The number of ether oxygens (including phenoxy) is 1. The maximum Gasteiger partial charge on any atom is 0.271 e. The van der Waals surface area contributed by atoms with E-state index in [1.807, 2.05) is 0 Å². The van der Waals surface area contributed by atoms with Crippen molar-refractivity contribution in [1.82, 2.24) is 0 Å². The van der Waals surface area contributed by atoms with Crippen molar-refractivity contribution in [3.8, 4) is 74.4 Å². The van der Waals surface area contributed by atoms with Crippen molar-refractivity contribution in [2.24, 2.45) is 0 Å². The summed E-state index contributed by atoms with van der Waals surface area (Å²) in [7, 11) is 0. The highest BCUT2D eigenvalue weighted by molar-refractivity contribution is 6.05. The maximum atomic E-state index is 12.2. The van der Waals surface area contributed by atoms with E-state index in [1.165, 1.54) is 66.7 Å². The third-order valence-electron chi connectivity index (χ3n) is 9.36. The average molecular weight is 829 g/mol. The zero-order valence-electron chi connectivity index (χ0n) is 31.1. The first-order valence-corrected chi connectivity index (χ1v) is 17.9. The van der Waals surface area contributed by atoms with Gasteiger partial charge in [-0.2, -0.15) is 0 Å². The lowest BCUT2D eigenvalue weighted by Gasteiger charge is -2.35. The first-order chi connectivity index (χ1) is 29.0. The molecule has 1 unspecified atom stereocenters. The third kappa shape index (κ3) is 7.90. The van der Waals surface area contributed by atoms with Crippen molar-refractivity contribution < 1.29 is 69.4 Å². The van der Waals surface area contributed by atoms with Gasteiger partial charge in [0.25, 0.3) is 5.79 Å². The molecule has 3 heterocycles. The van der Waals surface area contributed by atoms with Crippen molar-refractivity contribution in [2.75, 3.05) is 0 Å². The molecule has 16 nitrogen and oxygen atoms in total. The molecule has 0 saturated heterocycles. The fourth-order valence-electron chi connectivity index (χ4n) is 6.28. The minimum atomic E-state index is -2.65. The van der Waals surface area contributed by atoms with Gasteiger partial charge in [-0.25, -0.2) is 0 Å². The Bertz CT molecular complexity index is 3100. The molecule has 308 valence electrons. The summed E-state index contributed by atoms with van der Waals surface area (Å²) in [6.45, 7) is 0. The molecule has 8 aromatic rings. The van der Waals surface area contributed by atoms with Crippen LogP contribution in [0.1, 0.15) is 22.0 Å². The van der Waals surface area contributed by atoms with Gasteiger partial charge in [-0.15, -0.1) is 0 Å². The SMILES string of the molecule is O=C1c2ccc(O)cc2OC(c2ccccc2)C1(O)O.O=c1c(O)c(-c2ccc(O)c(O)c2)oc2cc(O)ccc12.O=c1c(O)c(-c2ccc(O)c(O)c2)oc2ccccc12. The Morgan fingerprint density at radius 2 is 0.984 bits per heavy atom. The molecular weight excluding hydrogens is 796 g/mol. The van der Waals surface area contributed by atoms with Crippen LogP contribution < -0.4 is 15.6 Å². The summed E-state index contributed by atoms with van der Waals surface area (Å²) < 4.78 is 16.4. The number of carbonyl (C=O) groups is 1. The Balaban J connectivity index is 0.000000138. The summed E-state index contributed by atoms with van der Waals surface area (Å²) in [5, 5.41) is 96.9. The quantitative estimate of drug-likeness (QED) is 0.0695. The molecule has 61 heavy (non-hydrogen) atoms. The monoisotopic (exact) mass is 828 g/mol. The standard InChI is InChI=1S/C15H10O6.C15H10O5.C15H12O5/c16-8-2-3-9-12(6-8)21-15(14(20)13(9)19)7-1-4-10(17)11(18)5-7;16-10-6-5-8(7-11(10)17)15-14(19)13(18)9-3-1-2-4-12(9)20-15;16-10-6-7-11-12(8-10)20-14(15(18,19)13(11)17)9-4-2-1-3-5-9/h1-6,16-18,20H;1-7,16-17,19H;1-8,14,16,18-19H. The van der Waals surface area contributed by atoms with Crippen LogP contribution in [0.3, 0.4) is 0 Å². The van der Waals surface area contributed by atoms with Crippen LogP contribution in [0.2, 0.25) is 0 Å². The molecular formula is C45H32O16. The number of fused-ring (bicyclic) bond motifs is 3. The van der Waals surface area contributed by atoms with Crippen LogP contribution in [0.5, 0.6) is 51.7 Å². The van der Waals surface area contributed by atoms with Crippen molar-refractivity contribution in [3.63, 3.8) is 0 Å². The van der Waals surface area contributed by atoms with Gasteiger partial charge in [0.2, 0.25) is 28.1 Å². The van der Waals surface area contributed by atoms with E-state index in [2.05, 4.69) is 0 Å². The predicted octanol–water partition coefficient (Wildman–Crippen LogP) is 6.25. The van der Waals surface area contributed by atoms with E-state index in [0.717, 1.165) is 6.07 Å². The van der Waals surface area contributed by atoms with Gasteiger partial charge in [0.1, 0.15) is 28.4 Å². The number of hydrogen-bond acceptors (Lipinski definition) is 16. The molecule has 6 aromatic carbocycles. The molecule has 0 radical (unpaired) electrons. The average Bonchev–Trinajstić information content (AvgIpc) is 3.24. The number of rotatable bonds is 3. The zero-order valence-corrected chi connectivity index (χ0v) is 31.1. The highest BCUT2D eigenvalue weighted by Gasteiger charge is 2.50. The first-order valence-electron chi connectivity index (χ1n) is 17.9. The van der Waals surface area contributed by atoms with E-state index in [4.69, 9.17) is 13.6 Å². The topological polar surface area (TPSA) is 289 Å². The molecule has 0 fully saturated rings. The zero-order chi connectivity index (χ0) is 43.7. The van der Waals surface area contributed by atoms with Crippen molar-refractivity contribution in [3.05, 3.63) is 159 Å². The second-order valence-corrected chi connectivity index (χ2v) is 13.4. The van der Waals surface area contributed by atoms with Gasteiger partial charge < -0.3 is 64.6 Å². The Hall–Kier alpha value is -8.47. The van der Waals surface area contributed by atoms with Gasteiger partial charge in [0, 0.05) is 23.3 Å². The van der Waals surface area contributed by atoms with E-state index >= 15 is 0 Å². The fourth-order valence-corrected chi connectivity index (χ4v) is 6.28. The third-order valence-corrected chi connectivity index (χ3v) is 9.36. The van der Waals surface area contributed by atoms with Crippen LogP contribution in [0.25, 0.3) is 44.6 Å². The van der Waals surface area contributed by atoms with Crippen molar-refractivity contribution >= 4 is 27.7 Å². The van der Waals surface area contributed by atoms with Crippen molar-refractivity contribution in [2.45, 2.75) is 11.9 Å². The van der Waals surface area contributed by atoms with Crippen LogP contribution in [0.15, 0.2) is 146 Å².